The Bertz CT molecular complexity index is 459. The van der Waals surface area contributed by atoms with Crippen LogP contribution in [0.5, 0.6) is 0 Å². The molecule has 0 saturated carbocycles. The number of nitrogens with zero attached hydrogens (tertiary/aromatic N) is 2. The standard InChI is InChI=1S/C16H25N3O/c1-12-16(19-7-9-20-10-8-19)14-6-4-3-5-13(14)15(11-17)18(12)2/h3-6,12,15-16H,7-11,17H2,1-2H3. The Morgan fingerprint density at radius 3 is 2.50 bits per heavy atom. The number of ether oxygens (including phenoxy) is 1. The van der Waals surface area contributed by atoms with E-state index in [-0.39, 0.29) is 0 Å². The van der Waals surface area contributed by atoms with Crippen molar-refractivity contribution in [3.05, 3.63) is 35.4 Å². The molecule has 1 saturated heterocycles. The maximum atomic E-state index is 6.02. The minimum absolute atomic E-state index is 0.332. The Hall–Kier alpha value is -0.940. The van der Waals surface area contributed by atoms with Crippen molar-refractivity contribution in [1.29, 1.82) is 0 Å². The van der Waals surface area contributed by atoms with E-state index in [1.165, 1.54) is 11.1 Å². The van der Waals surface area contributed by atoms with Crippen molar-refractivity contribution < 1.29 is 4.74 Å². The Morgan fingerprint density at radius 1 is 1.20 bits per heavy atom. The number of hydrogen-bond acceptors (Lipinski definition) is 4. The van der Waals surface area contributed by atoms with Gasteiger partial charge in [-0.1, -0.05) is 24.3 Å². The van der Waals surface area contributed by atoms with Crippen LogP contribution >= 0.6 is 0 Å². The highest BCUT2D eigenvalue weighted by atomic mass is 16.5. The molecule has 0 aliphatic carbocycles. The zero-order valence-corrected chi connectivity index (χ0v) is 12.5. The molecule has 2 aliphatic rings. The molecule has 20 heavy (non-hydrogen) atoms. The van der Waals surface area contributed by atoms with Crippen LogP contribution in [0.3, 0.4) is 0 Å². The molecule has 3 unspecified atom stereocenters. The van der Waals surface area contributed by atoms with Crippen LogP contribution in [0.2, 0.25) is 0 Å². The van der Waals surface area contributed by atoms with Crippen LogP contribution in [0.4, 0.5) is 0 Å². The zero-order valence-electron chi connectivity index (χ0n) is 12.5. The molecule has 0 aromatic heterocycles. The van der Waals surface area contributed by atoms with Crippen LogP contribution in [0.15, 0.2) is 24.3 Å². The van der Waals surface area contributed by atoms with Gasteiger partial charge in [0.05, 0.1) is 19.3 Å². The summed E-state index contributed by atoms with van der Waals surface area (Å²) >= 11 is 0. The second kappa shape index (κ2) is 5.82. The van der Waals surface area contributed by atoms with Crippen molar-refractivity contribution >= 4 is 0 Å². The van der Waals surface area contributed by atoms with E-state index in [0.717, 1.165) is 26.3 Å². The normalized spacial score (nSPS) is 32.0. The molecule has 3 rings (SSSR count). The summed E-state index contributed by atoms with van der Waals surface area (Å²) in [6.45, 7) is 6.71. The SMILES string of the molecule is CC1C(N2CCOCC2)c2ccccc2C(CN)N1C. The zero-order chi connectivity index (χ0) is 14.1. The molecule has 4 heteroatoms. The monoisotopic (exact) mass is 275 g/mol. The number of likely N-dealkylation sites (N-methyl/N-ethyl adjacent to an activating group) is 1. The van der Waals surface area contributed by atoms with E-state index in [4.69, 9.17) is 10.5 Å². The van der Waals surface area contributed by atoms with Crippen LogP contribution in [0.1, 0.15) is 30.1 Å². The van der Waals surface area contributed by atoms with Gasteiger partial charge in [0.1, 0.15) is 0 Å². The molecule has 3 atom stereocenters. The average Bonchev–Trinajstić information content (AvgIpc) is 2.50. The summed E-state index contributed by atoms with van der Waals surface area (Å²) in [4.78, 5) is 5.00. The molecule has 1 fully saturated rings. The van der Waals surface area contributed by atoms with Gasteiger partial charge in [-0.15, -0.1) is 0 Å². The molecule has 2 aliphatic heterocycles. The number of nitrogens with two attached hydrogens (primary N) is 1. The lowest BCUT2D eigenvalue weighted by atomic mass is 9.84. The third kappa shape index (κ3) is 2.27. The lowest BCUT2D eigenvalue weighted by molar-refractivity contribution is -0.0162. The van der Waals surface area contributed by atoms with E-state index >= 15 is 0 Å². The summed E-state index contributed by atoms with van der Waals surface area (Å²) in [5.74, 6) is 0. The second-order valence-electron chi connectivity index (χ2n) is 5.88. The van der Waals surface area contributed by atoms with Gasteiger partial charge in [-0.3, -0.25) is 9.80 Å². The first-order chi connectivity index (χ1) is 9.74. The van der Waals surface area contributed by atoms with Gasteiger partial charge in [0, 0.05) is 31.7 Å². The molecule has 0 radical (unpaired) electrons. The van der Waals surface area contributed by atoms with Gasteiger partial charge < -0.3 is 10.5 Å². The number of morpholine rings is 1. The minimum atomic E-state index is 0.332. The number of fused-ring (bicyclic) bond motifs is 1. The Kier molecular flexibility index (Phi) is 4.08. The maximum absolute atomic E-state index is 6.02. The summed E-state index contributed by atoms with van der Waals surface area (Å²) in [6, 6.07) is 10.0. The van der Waals surface area contributed by atoms with Crippen molar-refractivity contribution in [2.45, 2.75) is 25.0 Å². The predicted octanol–water partition coefficient (Wildman–Crippen LogP) is 1.39. The molecule has 2 N–H and O–H groups in total. The topological polar surface area (TPSA) is 41.7 Å². The fraction of sp³-hybridized carbons (Fsp3) is 0.625. The third-order valence-electron chi connectivity index (χ3n) is 4.93. The fourth-order valence-corrected chi connectivity index (χ4v) is 3.72. The van der Waals surface area contributed by atoms with E-state index in [0.29, 0.717) is 24.7 Å². The van der Waals surface area contributed by atoms with Crippen molar-refractivity contribution in [3.63, 3.8) is 0 Å². The highest BCUT2D eigenvalue weighted by Gasteiger charge is 2.38. The van der Waals surface area contributed by atoms with Gasteiger partial charge in [0.15, 0.2) is 0 Å². The van der Waals surface area contributed by atoms with Crippen LogP contribution in [0, 0.1) is 0 Å². The highest BCUT2D eigenvalue weighted by molar-refractivity contribution is 5.36. The van der Waals surface area contributed by atoms with Gasteiger partial charge >= 0.3 is 0 Å². The largest absolute Gasteiger partial charge is 0.379 e. The molecule has 1 aromatic carbocycles. The predicted molar refractivity (Wildman–Crippen MR) is 80.6 cm³/mol. The van der Waals surface area contributed by atoms with Gasteiger partial charge in [0.25, 0.3) is 0 Å². The lowest BCUT2D eigenvalue weighted by Gasteiger charge is -2.48. The van der Waals surface area contributed by atoms with Crippen molar-refractivity contribution in [2.24, 2.45) is 5.73 Å². The average molecular weight is 275 g/mol. The summed E-state index contributed by atoms with van der Waals surface area (Å²) in [5.41, 5.74) is 8.87. The first-order valence-corrected chi connectivity index (χ1v) is 7.56. The van der Waals surface area contributed by atoms with Crippen molar-refractivity contribution in [1.82, 2.24) is 9.80 Å². The first kappa shape index (κ1) is 14.0. The first-order valence-electron chi connectivity index (χ1n) is 7.56. The summed E-state index contributed by atoms with van der Waals surface area (Å²) in [6.07, 6.45) is 0. The molecule has 2 heterocycles. The maximum Gasteiger partial charge on any atom is 0.0594 e. The molecule has 0 amide bonds. The number of rotatable bonds is 2. The Balaban J connectivity index is 2.00. The Morgan fingerprint density at radius 2 is 1.85 bits per heavy atom. The molecule has 110 valence electrons. The summed E-state index contributed by atoms with van der Waals surface area (Å²) < 4.78 is 5.51. The van der Waals surface area contributed by atoms with Crippen molar-refractivity contribution in [3.8, 4) is 0 Å². The van der Waals surface area contributed by atoms with Crippen LogP contribution < -0.4 is 5.73 Å². The fourth-order valence-electron chi connectivity index (χ4n) is 3.72. The quantitative estimate of drug-likeness (QED) is 0.886. The molecular formula is C16H25N3O. The molecule has 1 aromatic rings. The van der Waals surface area contributed by atoms with E-state index < -0.39 is 0 Å². The lowest BCUT2D eigenvalue weighted by Crippen LogP contribution is -2.52. The number of hydrogen-bond donors (Lipinski definition) is 1. The molecule has 4 nitrogen and oxygen atoms in total. The van der Waals surface area contributed by atoms with Crippen molar-refractivity contribution in [2.75, 3.05) is 39.9 Å². The molecular weight excluding hydrogens is 250 g/mol. The van der Waals surface area contributed by atoms with E-state index in [2.05, 4.69) is 48.0 Å². The second-order valence-corrected chi connectivity index (χ2v) is 5.88. The van der Waals surface area contributed by atoms with Crippen LogP contribution in [-0.4, -0.2) is 55.7 Å². The Labute approximate surface area is 121 Å². The van der Waals surface area contributed by atoms with Gasteiger partial charge in [-0.05, 0) is 25.1 Å². The van der Waals surface area contributed by atoms with E-state index in [9.17, 15) is 0 Å². The summed E-state index contributed by atoms with van der Waals surface area (Å²) in [5, 5.41) is 0. The van der Waals surface area contributed by atoms with E-state index in [1.54, 1.807) is 0 Å². The highest BCUT2D eigenvalue weighted by Crippen LogP contribution is 2.40. The third-order valence-corrected chi connectivity index (χ3v) is 4.93. The molecule has 0 bridgehead atoms. The van der Waals surface area contributed by atoms with Gasteiger partial charge in [-0.2, -0.15) is 0 Å². The van der Waals surface area contributed by atoms with E-state index in [1.807, 2.05) is 0 Å². The number of benzene rings is 1. The molecule has 0 spiro atoms. The smallest absolute Gasteiger partial charge is 0.0594 e. The van der Waals surface area contributed by atoms with Gasteiger partial charge in [0.2, 0.25) is 0 Å². The minimum Gasteiger partial charge on any atom is -0.379 e. The van der Waals surface area contributed by atoms with Crippen LogP contribution in [0.25, 0.3) is 0 Å². The van der Waals surface area contributed by atoms with Crippen LogP contribution in [-0.2, 0) is 4.74 Å². The van der Waals surface area contributed by atoms with Gasteiger partial charge in [-0.25, -0.2) is 0 Å². The summed E-state index contributed by atoms with van der Waals surface area (Å²) in [7, 11) is 2.20.